The van der Waals surface area contributed by atoms with Crippen molar-refractivity contribution in [3.63, 3.8) is 0 Å². The predicted molar refractivity (Wildman–Crippen MR) is 107 cm³/mol. The molecule has 0 spiro atoms. The van der Waals surface area contributed by atoms with Gasteiger partial charge in [-0.05, 0) is 43.9 Å². The number of nitrogens with zero attached hydrogens (tertiary/aromatic N) is 2. The van der Waals surface area contributed by atoms with E-state index in [9.17, 15) is 23.2 Å². The molecule has 6 nitrogen and oxygen atoms in total. The molecule has 3 rings (SSSR count). The SMILES string of the molecule is CCOC(=O)C(C=NC1CC1)C(=O)c1cc(F)c(C2=CCN(C(C)=O)CC2)cc1F. The Bertz CT molecular complexity index is 922. The highest BCUT2D eigenvalue weighted by atomic mass is 19.1. The van der Waals surface area contributed by atoms with Gasteiger partial charge in [-0.1, -0.05) is 6.08 Å². The van der Waals surface area contributed by atoms with Crippen LogP contribution >= 0.6 is 0 Å². The highest BCUT2D eigenvalue weighted by Gasteiger charge is 2.32. The van der Waals surface area contributed by atoms with E-state index in [2.05, 4.69) is 4.99 Å². The van der Waals surface area contributed by atoms with Gasteiger partial charge in [0.05, 0.1) is 12.2 Å². The molecule has 0 radical (unpaired) electrons. The van der Waals surface area contributed by atoms with Crippen LogP contribution in [0.4, 0.5) is 8.78 Å². The fourth-order valence-corrected chi connectivity index (χ4v) is 3.25. The number of amides is 1. The van der Waals surface area contributed by atoms with Crippen LogP contribution in [0.15, 0.2) is 23.2 Å². The summed E-state index contributed by atoms with van der Waals surface area (Å²) in [5.74, 6) is -4.90. The lowest BCUT2D eigenvalue weighted by Gasteiger charge is -2.25. The molecular formula is C22H24F2N2O4. The third-order valence-corrected chi connectivity index (χ3v) is 5.14. The Morgan fingerprint density at radius 1 is 1.27 bits per heavy atom. The molecule has 0 N–H and O–H groups in total. The number of carbonyl (C=O) groups is 3. The lowest BCUT2D eigenvalue weighted by molar-refractivity contribution is -0.144. The van der Waals surface area contributed by atoms with Crippen molar-refractivity contribution in [2.75, 3.05) is 19.7 Å². The number of hydrogen-bond acceptors (Lipinski definition) is 5. The summed E-state index contributed by atoms with van der Waals surface area (Å²) >= 11 is 0. The Morgan fingerprint density at radius 2 is 2.00 bits per heavy atom. The van der Waals surface area contributed by atoms with E-state index in [1.54, 1.807) is 17.9 Å². The molecule has 0 bridgehead atoms. The first-order valence-corrected chi connectivity index (χ1v) is 10.00. The number of benzene rings is 1. The van der Waals surface area contributed by atoms with E-state index in [0.29, 0.717) is 25.1 Å². The minimum absolute atomic E-state index is 0.0478. The van der Waals surface area contributed by atoms with E-state index in [4.69, 9.17) is 4.74 Å². The monoisotopic (exact) mass is 418 g/mol. The van der Waals surface area contributed by atoms with Gasteiger partial charge in [-0.2, -0.15) is 0 Å². The van der Waals surface area contributed by atoms with Crippen LogP contribution in [0.25, 0.3) is 5.57 Å². The maximum atomic E-state index is 14.8. The van der Waals surface area contributed by atoms with Crippen LogP contribution < -0.4 is 0 Å². The highest BCUT2D eigenvalue weighted by molar-refractivity contribution is 6.18. The third-order valence-electron chi connectivity index (χ3n) is 5.14. The first-order valence-electron chi connectivity index (χ1n) is 10.00. The smallest absolute Gasteiger partial charge is 0.322 e. The van der Waals surface area contributed by atoms with Gasteiger partial charge in [-0.3, -0.25) is 19.4 Å². The summed E-state index contributed by atoms with van der Waals surface area (Å²) in [5.41, 5.74) is 0.102. The number of ether oxygens (including phenoxy) is 1. The Morgan fingerprint density at radius 3 is 2.57 bits per heavy atom. The standard InChI is InChI=1S/C22H24F2N2O4/c1-3-30-22(29)18(12-25-15-4-5-15)21(28)17-11-19(23)16(10-20(17)24)14-6-8-26(9-7-14)13(2)27/h6,10-12,15,18H,3-5,7-9H2,1-2H3. The van der Waals surface area contributed by atoms with Crippen molar-refractivity contribution >= 4 is 29.4 Å². The van der Waals surface area contributed by atoms with Crippen LogP contribution in [0.3, 0.4) is 0 Å². The van der Waals surface area contributed by atoms with Gasteiger partial charge < -0.3 is 9.64 Å². The lowest BCUT2D eigenvalue weighted by Crippen LogP contribution is -2.32. The summed E-state index contributed by atoms with van der Waals surface area (Å²) in [5, 5.41) is 0. The average Bonchev–Trinajstić information content (AvgIpc) is 3.54. The number of aliphatic imine (C=N–C) groups is 1. The van der Waals surface area contributed by atoms with Gasteiger partial charge in [0, 0.05) is 37.8 Å². The summed E-state index contributed by atoms with van der Waals surface area (Å²) in [4.78, 5) is 42.2. The van der Waals surface area contributed by atoms with Gasteiger partial charge in [0.1, 0.15) is 11.6 Å². The maximum Gasteiger partial charge on any atom is 0.322 e. The molecule has 2 aliphatic rings. The van der Waals surface area contributed by atoms with E-state index >= 15 is 0 Å². The Kier molecular flexibility index (Phi) is 6.74. The Balaban J connectivity index is 1.86. The van der Waals surface area contributed by atoms with E-state index in [1.165, 1.54) is 13.1 Å². The molecule has 1 fully saturated rings. The van der Waals surface area contributed by atoms with Gasteiger partial charge in [0.2, 0.25) is 5.91 Å². The number of rotatable bonds is 7. The Hall–Kier alpha value is -2.90. The normalized spacial score (nSPS) is 17.6. The quantitative estimate of drug-likeness (QED) is 0.295. The fourth-order valence-electron chi connectivity index (χ4n) is 3.25. The van der Waals surface area contributed by atoms with Crippen LogP contribution in [0.2, 0.25) is 0 Å². The molecule has 0 aromatic heterocycles. The van der Waals surface area contributed by atoms with Crippen LogP contribution in [-0.2, 0) is 14.3 Å². The zero-order chi connectivity index (χ0) is 21.8. The van der Waals surface area contributed by atoms with Crippen LogP contribution in [-0.4, -0.2) is 54.5 Å². The molecule has 1 amide bonds. The lowest BCUT2D eigenvalue weighted by atomic mass is 9.93. The molecule has 8 heteroatoms. The summed E-state index contributed by atoms with van der Waals surface area (Å²) < 4.78 is 34.5. The molecule has 1 aromatic carbocycles. The molecule has 1 aromatic rings. The largest absolute Gasteiger partial charge is 0.465 e. The van der Waals surface area contributed by atoms with E-state index in [0.717, 1.165) is 25.0 Å². The first-order chi connectivity index (χ1) is 14.3. The van der Waals surface area contributed by atoms with Crippen molar-refractivity contribution in [1.29, 1.82) is 0 Å². The summed E-state index contributed by atoms with van der Waals surface area (Å²) in [6.07, 6.45) is 4.97. The number of carbonyl (C=O) groups excluding carboxylic acids is 3. The van der Waals surface area contributed by atoms with Crippen LogP contribution in [0, 0.1) is 17.6 Å². The fraction of sp³-hybridized carbons (Fsp3) is 0.455. The van der Waals surface area contributed by atoms with Crippen molar-refractivity contribution in [3.05, 3.63) is 41.0 Å². The maximum absolute atomic E-state index is 14.8. The molecule has 1 aliphatic heterocycles. The van der Waals surface area contributed by atoms with Crippen molar-refractivity contribution in [1.82, 2.24) is 4.90 Å². The zero-order valence-electron chi connectivity index (χ0n) is 17.0. The molecule has 0 saturated heterocycles. The summed E-state index contributed by atoms with van der Waals surface area (Å²) in [6, 6.07) is 1.85. The van der Waals surface area contributed by atoms with E-state index in [1.807, 2.05) is 0 Å². The van der Waals surface area contributed by atoms with Crippen LogP contribution in [0.5, 0.6) is 0 Å². The molecule has 1 aliphatic carbocycles. The van der Waals surface area contributed by atoms with Gasteiger partial charge in [0.25, 0.3) is 0 Å². The highest BCUT2D eigenvalue weighted by Crippen LogP contribution is 2.28. The molecule has 1 atom stereocenters. The minimum Gasteiger partial charge on any atom is -0.465 e. The van der Waals surface area contributed by atoms with Crippen molar-refractivity contribution in [3.8, 4) is 0 Å². The minimum atomic E-state index is -1.41. The van der Waals surface area contributed by atoms with Gasteiger partial charge >= 0.3 is 5.97 Å². The predicted octanol–water partition coefficient (Wildman–Crippen LogP) is 3.20. The van der Waals surface area contributed by atoms with Crippen molar-refractivity contribution < 1.29 is 27.9 Å². The third kappa shape index (κ3) is 4.98. The zero-order valence-corrected chi connectivity index (χ0v) is 17.0. The number of ketones is 1. The topological polar surface area (TPSA) is 76.0 Å². The molecular weight excluding hydrogens is 394 g/mol. The summed E-state index contributed by atoms with van der Waals surface area (Å²) in [6.45, 7) is 3.82. The number of esters is 1. The molecule has 30 heavy (non-hydrogen) atoms. The van der Waals surface area contributed by atoms with Crippen LogP contribution in [0.1, 0.15) is 49.0 Å². The van der Waals surface area contributed by atoms with Crippen molar-refractivity contribution in [2.24, 2.45) is 10.9 Å². The molecule has 160 valence electrons. The number of hydrogen-bond donors (Lipinski definition) is 0. The van der Waals surface area contributed by atoms with Gasteiger partial charge in [-0.15, -0.1) is 0 Å². The number of Topliss-reactive ketones (excluding diaryl/α,β-unsaturated/α-hetero) is 1. The van der Waals surface area contributed by atoms with Crippen molar-refractivity contribution in [2.45, 2.75) is 39.2 Å². The molecule has 1 saturated carbocycles. The second kappa shape index (κ2) is 9.28. The average molecular weight is 418 g/mol. The second-order valence-corrected chi connectivity index (χ2v) is 7.38. The first kappa shape index (κ1) is 21.8. The molecule has 1 heterocycles. The van der Waals surface area contributed by atoms with E-state index < -0.39 is 34.9 Å². The molecule has 1 unspecified atom stereocenters. The number of halogens is 2. The van der Waals surface area contributed by atoms with Gasteiger partial charge in [-0.25, -0.2) is 8.78 Å². The second-order valence-electron chi connectivity index (χ2n) is 7.38. The Labute approximate surface area is 173 Å². The summed E-state index contributed by atoms with van der Waals surface area (Å²) in [7, 11) is 0. The van der Waals surface area contributed by atoms with E-state index in [-0.39, 0.29) is 24.1 Å². The van der Waals surface area contributed by atoms with Gasteiger partial charge in [0.15, 0.2) is 11.7 Å².